The summed E-state index contributed by atoms with van der Waals surface area (Å²) < 4.78 is 4.91. The summed E-state index contributed by atoms with van der Waals surface area (Å²) in [4.78, 5) is 13.6. The van der Waals surface area contributed by atoms with E-state index in [-0.39, 0.29) is 13.0 Å². The summed E-state index contributed by atoms with van der Waals surface area (Å²) in [6, 6.07) is -1.23. The van der Waals surface area contributed by atoms with Gasteiger partial charge in [0, 0.05) is 11.3 Å². The van der Waals surface area contributed by atoms with Crippen LogP contribution < -0.4 is 5.73 Å². The van der Waals surface area contributed by atoms with E-state index in [1.807, 2.05) is 0 Å². The highest BCUT2D eigenvalue weighted by atomic mass is 16.6. The van der Waals surface area contributed by atoms with Crippen LogP contribution in [0.2, 0.25) is 0 Å². The normalized spacial score (nSPS) is 36.9. The molecular weight excluding hydrogens is 206 g/mol. The summed E-state index contributed by atoms with van der Waals surface area (Å²) in [7, 11) is 0. The van der Waals surface area contributed by atoms with Gasteiger partial charge in [-0.3, -0.25) is 15.1 Å². The van der Waals surface area contributed by atoms with Gasteiger partial charge in [0.2, 0.25) is 6.04 Å². The van der Waals surface area contributed by atoms with E-state index in [1.54, 1.807) is 0 Å². The van der Waals surface area contributed by atoms with Gasteiger partial charge >= 0.3 is 0 Å². The Kier molecular flexibility index (Phi) is 3.95. The molecule has 0 aromatic rings. The zero-order chi connectivity index (χ0) is 11.4. The Hall–Kier alpha value is -1.25. The molecule has 0 radical (unpaired) electrons. The molecule has 1 fully saturated rings. The molecule has 4 atom stereocenters. The lowest BCUT2D eigenvalue weighted by Crippen LogP contribution is -2.52. The van der Waals surface area contributed by atoms with E-state index in [4.69, 9.17) is 10.5 Å². The number of hydrogen-bond donors (Lipinski definition) is 3. The standard InChI is InChI=1S/C7H13N3O5/c8-3-9-2-4-1-5(10(13)14)6(11)7(12)15-4/h3-7,11-12H,1-2H2,(H2,8,9)/t4-,5?,6?,7+/m0/s1. The molecule has 15 heavy (non-hydrogen) atoms. The monoisotopic (exact) mass is 219 g/mol. The number of aliphatic imine (C=N–C) groups is 1. The first kappa shape index (κ1) is 11.8. The van der Waals surface area contributed by atoms with Crippen molar-refractivity contribution in [2.24, 2.45) is 10.7 Å². The Balaban J connectivity index is 2.62. The number of nitrogens with two attached hydrogens (primary N) is 1. The molecule has 8 nitrogen and oxygen atoms in total. The maximum absolute atomic E-state index is 10.5. The minimum atomic E-state index is -1.55. The van der Waals surface area contributed by atoms with Crippen LogP contribution in [0.1, 0.15) is 6.42 Å². The molecule has 0 aliphatic carbocycles. The van der Waals surface area contributed by atoms with E-state index in [0.717, 1.165) is 6.34 Å². The zero-order valence-electron chi connectivity index (χ0n) is 7.89. The molecule has 0 spiro atoms. The summed E-state index contributed by atoms with van der Waals surface area (Å²) in [5.41, 5.74) is 5.01. The van der Waals surface area contributed by atoms with Crippen molar-refractivity contribution >= 4 is 6.34 Å². The maximum Gasteiger partial charge on any atom is 0.246 e. The highest BCUT2D eigenvalue weighted by Gasteiger charge is 2.43. The highest BCUT2D eigenvalue weighted by molar-refractivity contribution is 5.51. The second-order valence-electron chi connectivity index (χ2n) is 3.24. The van der Waals surface area contributed by atoms with Gasteiger partial charge in [-0.1, -0.05) is 0 Å². The van der Waals surface area contributed by atoms with Gasteiger partial charge in [0.25, 0.3) is 0 Å². The number of hydrogen-bond acceptors (Lipinski definition) is 6. The summed E-state index contributed by atoms with van der Waals surface area (Å²) in [5.74, 6) is 0. The average Bonchev–Trinajstić information content (AvgIpc) is 2.19. The van der Waals surface area contributed by atoms with Crippen LogP contribution in [0.4, 0.5) is 0 Å². The molecule has 2 unspecified atom stereocenters. The van der Waals surface area contributed by atoms with Crippen molar-refractivity contribution in [1.82, 2.24) is 0 Å². The third kappa shape index (κ3) is 2.85. The number of nitro groups is 1. The maximum atomic E-state index is 10.5. The zero-order valence-corrected chi connectivity index (χ0v) is 7.89. The lowest BCUT2D eigenvalue weighted by Gasteiger charge is -2.31. The Morgan fingerprint density at radius 1 is 1.67 bits per heavy atom. The number of ether oxygens (including phenoxy) is 1. The van der Waals surface area contributed by atoms with Crippen LogP contribution in [-0.2, 0) is 4.74 Å². The van der Waals surface area contributed by atoms with Crippen molar-refractivity contribution in [2.45, 2.75) is 31.0 Å². The molecular formula is C7H13N3O5. The van der Waals surface area contributed by atoms with Crippen molar-refractivity contribution in [3.05, 3.63) is 10.1 Å². The minimum absolute atomic E-state index is 0.00255. The molecule has 8 heteroatoms. The topological polar surface area (TPSA) is 131 Å². The SMILES string of the molecule is NC=NC[C@@H]1CC([N+](=O)[O-])C(O)[C@H](O)O1. The number of rotatable bonds is 3. The smallest absolute Gasteiger partial charge is 0.246 e. The third-order valence-electron chi connectivity index (χ3n) is 2.21. The molecule has 0 saturated carbocycles. The lowest BCUT2D eigenvalue weighted by molar-refractivity contribution is -0.550. The molecule has 0 aromatic carbocycles. The fourth-order valence-corrected chi connectivity index (χ4v) is 1.44. The molecule has 1 aliphatic heterocycles. The Bertz CT molecular complexity index is 259. The molecule has 0 aromatic heterocycles. The largest absolute Gasteiger partial charge is 0.390 e. The van der Waals surface area contributed by atoms with Gasteiger partial charge in [-0.2, -0.15) is 0 Å². The molecule has 86 valence electrons. The first-order valence-corrected chi connectivity index (χ1v) is 4.41. The van der Waals surface area contributed by atoms with Gasteiger partial charge in [-0.05, 0) is 0 Å². The number of nitrogens with zero attached hydrogens (tertiary/aromatic N) is 2. The lowest BCUT2D eigenvalue weighted by atomic mass is 10.0. The Labute approximate surface area is 85.5 Å². The van der Waals surface area contributed by atoms with Crippen molar-refractivity contribution < 1.29 is 19.9 Å². The van der Waals surface area contributed by atoms with Crippen molar-refractivity contribution in [3.8, 4) is 0 Å². The summed E-state index contributed by atoms with van der Waals surface area (Å²) in [6.45, 7) is 0.130. The highest BCUT2D eigenvalue weighted by Crippen LogP contribution is 2.21. The summed E-state index contributed by atoms with van der Waals surface area (Å²) in [5, 5.41) is 29.0. The molecule has 0 amide bonds. The molecule has 0 bridgehead atoms. The second kappa shape index (κ2) is 5.01. The van der Waals surface area contributed by atoms with Crippen LogP contribution in [0.5, 0.6) is 0 Å². The van der Waals surface area contributed by atoms with Crippen LogP contribution in [0, 0.1) is 10.1 Å². The second-order valence-corrected chi connectivity index (χ2v) is 3.24. The van der Waals surface area contributed by atoms with Crippen LogP contribution in [0.25, 0.3) is 0 Å². The van der Waals surface area contributed by atoms with E-state index in [2.05, 4.69) is 4.99 Å². The Morgan fingerprint density at radius 3 is 2.87 bits per heavy atom. The fraction of sp³-hybridized carbons (Fsp3) is 0.857. The number of aliphatic hydroxyl groups excluding tert-OH is 2. The van der Waals surface area contributed by atoms with Gasteiger partial charge in [0.1, 0.15) is 0 Å². The van der Waals surface area contributed by atoms with E-state index >= 15 is 0 Å². The van der Waals surface area contributed by atoms with Gasteiger partial charge in [-0.25, -0.2) is 0 Å². The number of aliphatic hydroxyl groups is 2. The fourth-order valence-electron chi connectivity index (χ4n) is 1.44. The van der Waals surface area contributed by atoms with Crippen molar-refractivity contribution in [3.63, 3.8) is 0 Å². The first-order chi connectivity index (χ1) is 7.06. The van der Waals surface area contributed by atoms with Crippen molar-refractivity contribution in [2.75, 3.05) is 6.54 Å². The molecule has 1 rings (SSSR count). The summed E-state index contributed by atoms with van der Waals surface area (Å²) in [6.07, 6.45) is -2.59. The molecule has 1 aliphatic rings. The van der Waals surface area contributed by atoms with E-state index in [9.17, 15) is 20.3 Å². The predicted molar refractivity (Wildman–Crippen MR) is 49.8 cm³/mol. The van der Waals surface area contributed by atoms with Crippen molar-refractivity contribution in [1.29, 1.82) is 0 Å². The van der Waals surface area contributed by atoms with Crippen LogP contribution in [0.15, 0.2) is 4.99 Å². The molecule has 1 saturated heterocycles. The van der Waals surface area contributed by atoms with Gasteiger partial charge in [0.05, 0.1) is 19.0 Å². The minimum Gasteiger partial charge on any atom is -0.390 e. The van der Waals surface area contributed by atoms with Gasteiger partial charge in [0.15, 0.2) is 12.4 Å². The van der Waals surface area contributed by atoms with Gasteiger partial charge in [-0.15, -0.1) is 0 Å². The molecule has 1 heterocycles. The quantitative estimate of drug-likeness (QED) is 0.219. The van der Waals surface area contributed by atoms with E-state index in [1.165, 1.54) is 0 Å². The first-order valence-electron chi connectivity index (χ1n) is 4.41. The predicted octanol–water partition coefficient (Wildman–Crippen LogP) is -1.91. The van der Waals surface area contributed by atoms with Gasteiger partial charge < -0.3 is 20.7 Å². The van der Waals surface area contributed by atoms with Crippen LogP contribution >= 0.6 is 0 Å². The Morgan fingerprint density at radius 2 is 2.33 bits per heavy atom. The third-order valence-corrected chi connectivity index (χ3v) is 2.21. The van der Waals surface area contributed by atoms with Crippen LogP contribution in [0.3, 0.4) is 0 Å². The van der Waals surface area contributed by atoms with E-state index in [0.29, 0.717) is 0 Å². The van der Waals surface area contributed by atoms with Crippen LogP contribution in [-0.4, -0.2) is 52.6 Å². The summed E-state index contributed by atoms with van der Waals surface area (Å²) >= 11 is 0. The average molecular weight is 219 g/mol. The van der Waals surface area contributed by atoms with E-state index < -0.39 is 29.5 Å². The molecule has 4 N–H and O–H groups in total.